The van der Waals surface area contributed by atoms with Crippen LogP contribution in [0.15, 0.2) is 219 Å². The SMILES string of the molecule is C=CC(=C)CCCc1ccccc1Oc1ccccc1.C=CC(=O)CCCSc1cccc(Cc2ccccc2)c1.C=CC(=O)Oc1cccc(Oc2cccc(C=C)c2)c1.O=CO. The monoisotopic (exact) mass is 872 g/mol. The Morgan fingerprint density at radius 3 is 1.89 bits per heavy atom. The van der Waals surface area contributed by atoms with Crippen LogP contribution in [0.2, 0.25) is 0 Å². The number of benzene rings is 6. The van der Waals surface area contributed by atoms with E-state index in [-0.39, 0.29) is 12.3 Å². The number of para-hydroxylation sites is 2. The van der Waals surface area contributed by atoms with Crippen molar-refractivity contribution in [3.63, 3.8) is 0 Å². The molecule has 0 saturated heterocycles. The highest BCUT2D eigenvalue weighted by atomic mass is 32.2. The average Bonchev–Trinajstić information content (AvgIpc) is 3.32. The highest BCUT2D eigenvalue weighted by Gasteiger charge is 2.06. The van der Waals surface area contributed by atoms with Gasteiger partial charge < -0.3 is 19.3 Å². The van der Waals surface area contributed by atoms with E-state index in [2.05, 4.69) is 93.6 Å². The summed E-state index contributed by atoms with van der Waals surface area (Å²) in [6.45, 7) is 18.0. The van der Waals surface area contributed by atoms with Gasteiger partial charge in [0.25, 0.3) is 6.47 Å². The summed E-state index contributed by atoms with van der Waals surface area (Å²) in [7, 11) is 0. The van der Waals surface area contributed by atoms with Crippen molar-refractivity contribution in [2.75, 3.05) is 5.75 Å². The summed E-state index contributed by atoms with van der Waals surface area (Å²) >= 11 is 1.81. The number of aryl methyl sites for hydroxylation is 1. The summed E-state index contributed by atoms with van der Waals surface area (Å²) in [5, 5.41) is 6.89. The predicted molar refractivity (Wildman–Crippen MR) is 264 cm³/mol. The summed E-state index contributed by atoms with van der Waals surface area (Å²) in [5.41, 5.74) is 5.95. The molecule has 6 aromatic rings. The van der Waals surface area contributed by atoms with E-state index in [0.29, 0.717) is 23.7 Å². The van der Waals surface area contributed by atoms with E-state index in [9.17, 15) is 9.59 Å². The largest absolute Gasteiger partial charge is 0.483 e. The number of rotatable bonds is 20. The van der Waals surface area contributed by atoms with Gasteiger partial charge >= 0.3 is 5.97 Å². The van der Waals surface area contributed by atoms with E-state index < -0.39 is 5.97 Å². The van der Waals surface area contributed by atoms with Gasteiger partial charge in [-0.2, -0.15) is 0 Å². The maximum Gasteiger partial charge on any atom is 0.335 e. The van der Waals surface area contributed by atoms with Gasteiger partial charge in [-0.25, -0.2) is 4.79 Å². The summed E-state index contributed by atoms with van der Waals surface area (Å²) in [4.78, 5) is 31.9. The number of hydrogen-bond donors (Lipinski definition) is 1. The Bertz CT molecular complexity index is 2390. The lowest BCUT2D eigenvalue weighted by atomic mass is 10.0. The molecule has 0 unspecified atom stereocenters. The second-order valence-electron chi connectivity index (χ2n) is 13.8. The molecule has 0 aliphatic heterocycles. The van der Waals surface area contributed by atoms with Gasteiger partial charge in [0.05, 0.1) is 0 Å². The van der Waals surface area contributed by atoms with Crippen molar-refractivity contribution in [2.45, 2.75) is 43.4 Å². The molecule has 0 aliphatic carbocycles. The molecule has 1 N–H and O–H groups in total. The minimum absolute atomic E-state index is 0.133. The zero-order valence-electron chi connectivity index (χ0n) is 36.2. The maximum absolute atomic E-state index is 11.2. The number of ether oxygens (including phenoxy) is 3. The highest BCUT2D eigenvalue weighted by molar-refractivity contribution is 7.99. The van der Waals surface area contributed by atoms with Crippen LogP contribution in [0, 0.1) is 0 Å². The van der Waals surface area contributed by atoms with Crippen LogP contribution in [-0.4, -0.2) is 29.1 Å². The fraction of sp³-hybridized carbons (Fsp3) is 0.125. The molecule has 0 spiro atoms. The molecule has 0 heterocycles. The van der Waals surface area contributed by atoms with E-state index in [1.165, 1.54) is 27.7 Å². The smallest absolute Gasteiger partial charge is 0.335 e. The molecule has 0 saturated carbocycles. The first-order valence-corrected chi connectivity index (χ1v) is 21.6. The van der Waals surface area contributed by atoms with E-state index in [1.807, 2.05) is 90.6 Å². The number of hydrogen-bond acceptors (Lipinski definition) is 7. The zero-order valence-corrected chi connectivity index (χ0v) is 37.0. The zero-order chi connectivity index (χ0) is 46.2. The highest BCUT2D eigenvalue weighted by Crippen LogP contribution is 2.28. The molecule has 7 nitrogen and oxygen atoms in total. The molecular formula is C56H56O7S. The van der Waals surface area contributed by atoms with Gasteiger partial charge in [-0.3, -0.25) is 9.59 Å². The van der Waals surface area contributed by atoms with Crippen LogP contribution in [0.3, 0.4) is 0 Å². The van der Waals surface area contributed by atoms with Gasteiger partial charge in [0, 0.05) is 23.5 Å². The minimum atomic E-state index is -0.504. The number of esters is 1. The van der Waals surface area contributed by atoms with Gasteiger partial charge in [-0.15, -0.1) is 11.8 Å². The van der Waals surface area contributed by atoms with Gasteiger partial charge in [0.2, 0.25) is 0 Å². The van der Waals surface area contributed by atoms with Crippen molar-refractivity contribution < 1.29 is 33.7 Å². The molecule has 0 radical (unpaired) electrons. The normalized spacial score (nSPS) is 9.69. The van der Waals surface area contributed by atoms with Gasteiger partial charge in [0.15, 0.2) is 5.78 Å². The van der Waals surface area contributed by atoms with Crippen LogP contribution in [-0.2, 0) is 27.2 Å². The third-order valence-corrected chi connectivity index (χ3v) is 9.99. The quantitative estimate of drug-likeness (QED) is 0.0154. The van der Waals surface area contributed by atoms with Gasteiger partial charge in [-0.1, -0.05) is 148 Å². The molecular weight excluding hydrogens is 817 g/mol. The lowest BCUT2D eigenvalue weighted by Gasteiger charge is -2.11. The fourth-order valence-corrected chi connectivity index (χ4v) is 6.68. The van der Waals surface area contributed by atoms with Crippen LogP contribution in [0.4, 0.5) is 0 Å². The summed E-state index contributed by atoms with van der Waals surface area (Å²) in [5.74, 6) is 4.08. The van der Waals surface area contributed by atoms with Crippen molar-refractivity contribution in [1.29, 1.82) is 0 Å². The number of thioether (sulfide) groups is 1. The number of ketones is 1. The Morgan fingerprint density at radius 1 is 0.594 bits per heavy atom. The van der Waals surface area contributed by atoms with Crippen molar-refractivity contribution >= 4 is 36.1 Å². The first kappa shape index (κ1) is 50.9. The summed E-state index contributed by atoms with van der Waals surface area (Å²) in [6.07, 6.45) is 11.6. The Labute approximate surface area is 382 Å². The first-order valence-electron chi connectivity index (χ1n) is 20.6. The van der Waals surface area contributed by atoms with Crippen LogP contribution < -0.4 is 14.2 Å². The fourth-order valence-electron chi connectivity index (χ4n) is 5.75. The molecule has 0 atom stereocenters. The number of carbonyl (C=O) groups excluding carboxylic acids is 2. The van der Waals surface area contributed by atoms with Crippen molar-refractivity contribution in [3.8, 4) is 28.7 Å². The molecule has 64 heavy (non-hydrogen) atoms. The third kappa shape index (κ3) is 20.9. The molecule has 6 aromatic carbocycles. The van der Waals surface area contributed by atoms with Crippen LogP contribution in [0.25, 0.3) is 6.08 Å². The second-order valence-corrected chi connectivity index (χ2v) is 14.9. The topological polar surface area (TPSA) is 99.1 Å². The molecule has 0 amide bonds. The van der Waals surface area contributed by atoms with E-state index >= 15 is 0 Å². The number of carboxylic acid groups (broad SMARTS) is 1. The number of allylic oxidation sites excluding steroid dienone is 3. The van der Waals surface area contributed by atoms with Crippen molar-refractivity contribution in [1.82, 2.24) is 0 Å². The van der Waals surface area contributed by atoms with E-state index in [4.69, 9.17) is 24.1 Å². The Morgan fingerprint density at radius 2 is 1.20 bits per heavy atom. The molecule has 6 rings (SSSR count). The molecule has 8 heteroatoms. The first-order chi connectivity index (χ1) is 31.2. The lowest BCUT2D eigenvalue weighted by molar-refractivity contribution is -0.129. The average molecular weight is 873 g/mol. The van der Waals surface area contributed by atoms with Crippen LogP contribution >= 0.6 is 11.8 Å². The second kappa shape index (κ2) is 30.6. The maximum atomic E-state index is 11.2. The predicted octanol–water partition coefficient (Wildman–Crippen LogP) is 14.4. The van der Waals surface area contributed by atoms with E-state index in [1.54, 1.807) is 30.3 Å². The molecule has 328 valence electrons. The molecule has 0 aliphatic rings. The van der Waals surface area contributed by atoms with Crippen LogP contribution in [0.5, 0.6) is 28.7 Å². The van der Waals surface area contributed by atoms with Crippen molar-refractivity contribution in [2.24, 2.45) is 0 Å². The molecule has 0 fully saturated rings. The molecule has 0 aromatic heterocycles. The third-order valence-electron chi connectivity index (χ3n) is 8.91. The van der Waals surface area contributed by atoms with Gasteiger partial charge in [-0.05, 0) is 121 Å². The Balaban J connectivity index is 0.000000247. The van der Waals surface area contributed by atoms with E-state index in [0.717, 1.165) is 66.6 Å². The number of carbonyl (C=O) groups is 3. The lowest BCUT2D eigenvalue weighted by Crippen LogP contribution is -2.02. The minimum Gasteiger partial charge on any atom is -0.483 e. The Kier molecular flexibility index (Phi) is 24.3. The molecule has 0 bridgehead atoms. The van der Waals surface area contributed by atoms with Gasteiger partial charge in [0.1, 0.15) is 28.7 Å². The summed E-state index contributed by atoms with van der Waals surface area (Å²) < 4.78 is 16.7. The van der Waals surface area contributed by atoms with Crippen molar-refractivity contribution in [3.05, 3.63) is 237 Å². The summed E-state index contributed by atoms with van der Waals surface area (Å²) in [6, 6.07) is 51.6. The Hall–Kier alpha value is -7.42. The van der Waals surface area contributed by atoms with Crippen LogP contribution in [0.1, 0.15) is 47.9 Å². The standard InChI is InChI=1S/C19H20OS.C19H20O.C17H14O3.CH2O2/c1-2-18(20)11-7-13-21-19-12-6-10-17(15-19)14-16-8-4-3-5-9-16;1-3-16(2)10-9-12-17-11-7-8-15-19(17)20-18-13-5-4-6-14-18;1-3-13-7-5-8-14(11-13)19-15-9-6-10-16(12-15)20-17(18)4-2;2-1-3/h2-6,8-10,12,15H,1,7,11,13-14H2;3-8,11,13-15H,1-2,9-10,12H2;3-12H,1-2H2;1H,(H,2,3).